The molecule has 0 fully saturated rings. The number of nitriles is 1. The van der Waals surface area contributed by atoms with E-state index in [1.54, 1.807) is 13.1 Å². The van der Waals surface area contributed by atoms with Gasteiger partial charge in [0.25, 0.3) is 0 Å². The number of hydrogen-bond donors (Lipinski definition) is 1. The average molecular weight is 318 g/mol. The Labute approximate surface area is 138 Å². The van der Waals surface area contributed by atoms with Crippen molar-refractivity contribution in [3.8, 4) is 6.07 Å². The van der Waals surface area contributed by atoms with E-state index < -0.39 is 12.1 Å². The van der Waals surface area contributed by atoms with Crippen LogP contribution >= 0.6 is 0 Å². The molecule has 1 N–H and O–H groups in total. The van der Waals surface area contributed by atoms with Crippen LogP contribution in [0.3, 0.4) is 0 Å². The standard InChI is InChI=1S/C19H14N2O3/c1-12(24-19(23)14-8-6-13(10-20)7-9-14)18(22)16-11-21-17-5-3-2-4-15(16)17/h2-9,11-12,21H,1H3/t12-/m0/s1. The lowest BCUT2D eigenvalue weighted by Crippen LogP contribution is -2.24. The highest BCUT2D eigenvalue weighted by Gasteiger charge is 2.22. The molecule has 1 heterocycles. The van der Waals surface area contributed by atoms with Gasteiger partial charge in [0.1, 0.15) is 0 Å². The second kappa shape index (κ2) is 6.39. The van der Waals surface area contributed by atoms with E-state index >= 15 is 0 Å². The minimum absolute atomic E-state index is 0.269. The number of fused-ring (bicyclic) bond motifs is 1. The molecule has 0 spiro atoms. The normalized spacial score (nSPS) is 11.7. The number of hydrogen-bond acceptors (Lipinski definition) is 4. The van der Waals surface area contributed by atoms with Crippen LogP contribution in [0.15, 0.2) is 54.7 Å². The number of ketones is 1. The first-order valence-electron chi connectivity index (χ1n) is 7.41. The van der Waals surface area contributed by atoms with Gasteiger partial charge in [0.15, 0.2) is 6.10 Å². The van der Waals surface area contributed by atoms with Crippen molar-refractivity contribution in [2.24, 2.45) is 0 Å². The van der Waals surface area contributed by atoms with Gasteiger partial charge >= 0.3 is 5.97 Å². The second-order valence-corrected chi connectivity index (χ2v) is 5.35. The molecule has 0 radical (unpaired) electrons. The minimum Gasteiger partial charge on any atom is -0.451 e. The summed E-state index contributed by atoms with van der Waals surface area (Å²) in [7, 11) is 0. The fourth-order valence-electron chi connectivity index (χ4n) is 2.46. The highest BCUT2D eigenvalue weighted by atomic mass is 16.5. The molecule has 0 aliphatic carbocycles. The fourth-order valence-corrected chi connectivity index (χ4v) is 2.46. The molecule has 0 bridgehead atoms. The molecule has 0 aliphatic rings. The molecular formula is C19H14N2O3. The van der Waals surface area contributed by atoms with E-state index in [0.717, 1.165) is 10.9 Å². The first kappa shape index (κ1) is 15.5. The summed E-state index contributed by atoms with van der Waals surface area (Å²) in [4.78, 5) is 27.7. The highest BCUT2D eigenvalue weighted by Crippen LogP contribution is 2.20. The van der Waals surface area contributed by atoms with Crippen LogP contribution in [0.4, 0.5) is 0 Å². The van der Waals surface area contributed by atoms with Gasteiger partial charge in [0.2, 0.25) is 5.78 Å². The largest absolute Gasteiger partial charge is 0.451 e. The van der Waals surface area contributed by atoms with Crippen LogP contribution in [0.5, 0.6) is 0 Å². The van der Waals surface area contributed by atoms with Crippen LogP contribution in [0, 0.1) is 11.3 Å². The molecule has 2 aromatic carbocycles. The Hall–Kier alpha value is -3.39. The highest BCUT2D eigenvalue weighted by molar-refractivity contribution is 6.10. The first-order chi connectivity index (χ1) is 11.6. The number of aromatic amines is 1. The van der Waals surface area contributed by atoms with Gasteiger partial charge in [-0.25, -0.2) is 4.79 Å². The number of esters is 1. The number of carbonyl (C=O) groups excluding carboxylic acids is 2. The number of H-pyrrole nitrogens is 1. The SMILES string of the molecule is C[C@H](OC(=O)c1ccc(C#N)cc1)C(=O)c1c[nH]c2ccccc12. The predicted octanol–water partition coefficient (Wildman–Crippen LogP) is 3.47. The number of aromatic nitrogens is 1. The molecule has 5 nitrogen and oxygen atoms in total. The predicted molar refractivity (Wildman–Crippen MR) is 88.7 cm³/mol. The van der Waals surface area contributed by atoms with Gasteiger partial charge in [-0.15, -0.1) is 0 Å². The number of nitrogens with zero attached hydrogens (tertiary/aromatic N) is 1. The minimum atomic E-state index is -0.910. The zero-order chi connectivity index (χ0) is 17.1. The van der Waals surface area contributed by atoms with Crippen LogP contribution < -0.4 is 0 Å². The molecule has 118 valence electrons. The number of ether oxygens (including phenoxy) is 1. The van der Waals surface area contributed by atoms with Crippen molar-refractivity contribution in [2.45, 2.75) is 13.0 Å². The smallest absolute Gasteiger partial charge is 0.338 e. The van der Waals surface area contributed by atoms with E-state index in [9.17, 15) is 9.59 Å². The number of nitrogens with one attached hydrogen (secondary N) is 1. The molecule has 0 unspecified atom stereocenters. The van der Waals surface area contributed by atoms with Gasteiger partial charge in [-0.05, 0) is 37.3 Å². The zero-order valence-electron chi connectivity index (χ0n) is 12.9. The van der Waals surface area contributed by atoms with Crippen molar-refractivity contribution in [1.29, 1.82) is 5.26 Å². The Morgan fingerprint density at radius 1 is 1.12 bits per heavy atom. The number of Topliss-reactive ketones (excluding diaryl/α,β-unsaturated/α-hetero) is 1. The van der Waals surface area contributed by atoms with Gasteiger partial charge in [-0.2, -0.15) is 5.26 Å². The fraction of sp³-hybridized carbons (Fsp3) is 0.105. The van der Waals surface area contributed by atoms with Crippen molar-refractivity contribution < 1.29 is 14.3 Å². The molecule has 1 atom stereocenters. The monoisotopic (exact) mass is 318 g/mol. The third kappa shape index (κ3) is 2.90. The summed E-state index contributed by atoms with van der Waals surface area (Å²) >= 11 is 0. The maximum atomic E-state index is 12.5. The molecular weight excluding hydrogens is 304 g/mol. The molecule has 24 heavy (non-hydrogen) atoms. The lowest BCUT2D eigenvalue weighted by Gasteiger charge is -2.12. The summed E-state index contributed by atoms with van der Waals surface area (Å²) in [5.41, 5.74) is 2.10. The quantitative estimate of drug-likeness (QED) is 0.590. The molecule has 0 saturated heterocycles. The van der Waals surface area contributed by atoms with E-state index in [2.05, 4.69) is 4.98 Å². The molecule has 5 heteroatoms. The van der Waals surface area contributed by atoms with Crippen molar-refractivity contribution >= 4 is 22.7 Å². The molecule has 3 aromatic rings. The summed E-state index contributed by atoms with van der Waals surface area (Å²) in [6, 6.07) is 15.5. The summed E-state index contributed by atoms with van der Waals surface area (Å²) < 4.78 is 5.26. The number of benzene rings is 2. The van der Waals surface area contributed by atoms with Gasteiger partial charge in [-0.3, -0.25) is 4.79 Å². The topological polar surface area (TPSA) is 82.9 Å². The van der Waals surface area contributed by atoms with Crippen molar-refractivity contribution in [3.05, 3.63) is 71.4 Å². The summed E-state index contributed by atoms with van der Waals surface area (Å²) in [5.74, 6) is -0.866. The third-order valence-electron chi connectivity index (χ3n) is 3.76. The van der Waals surface area contributed by atoms with Crippen molar-refractivity contribution in [3.63, 3.8) is 0 Å². The van der Waals surface area contributed by atoms with Gasteiger partial charge in [0.05, 0.1) is 17.2 Å². The van der Waals surface area contributed by atoms with Gasteiger partial charge in [-0.1, -0.05) is 18.2 Å². The summed E-state index contributed by atoms with van der Waals surface area (Å²) in [5, 5.41) is 9.56. The van der Waals surface area contributed by atoms with E-state index in [1.807, 2.05) is 30.3 Å². The lowest BCUT2D eigenvalue weighted by molar-refractivity contribution is 0.0319. The van der Waals surface area contributed by atoms with Gasteiger partial charge in [0, 0.05) is 22.7 Å². The number of para-hydroxylation sites is 1. The Balaban J connectivity index is 1.76. The van der Waals surface area contributed by atoms with Crippen molar-refractivity contribution in [1.82, 2.24) is 4.98 Å². The van der Waals surface area contributed by atoms with Crippen LogP contribution in [0.2, 0.25) is 0 Å². The van der Waals surface area contributed by atoms with Gasteiger partial charge < -0.3 is 9.72 Å². The Bertz CT molecular complexity index is 949. The first-order valence-corrected chi connectivity index (χ1v) is 7.41. The van der Waals surface area contributed by atoms with E-state index in [1.165, 1.54) is 24.3 Å². The van der Waals surface area contributed by atoms with Crippen LogP contribution in [0.1, 0.15) is 33.2 Å². The average Bonchev–Trinajstić information content (AvgIpc) is 3.05. The number of rotatable bonds is 4. The molecule has 1 aromatic heterocycles. The lowest BCUT2D eigenvalue weighted by atomic mass is 10.1. The van der Waals surface area contributed by atoms with Crippen LogP contribution in [-0.2, 0) is 4.74 Å². The third-order valence-corrected chi connectivity index (χ3v) is 3.76. The van der Waals surface area contributed by atoms with Crippen LogP contribution in [-0.4, -0.2) is 22.8 Å². The Morgan fingerprint density at radius 3 is 2.54 bits per heavy atom. The Morgan fingerprint density at radius 2 is 1.83 bits per heavy atom. The summed E-state index contributed by atoms with van der Waals surface area (Å²) in [6.07, 6.45) is 0.714. The van der Waals surface area contributed by atoms with E-state index in [-0.39, 0.29) is 5.78 Å². The molecule has 0 amide bonds. The second-order valence-electron chi connectivity index (χ2n) is 5.35. The van der Waals surface area contributed by atoms with E-state index in [4.69, 9.17) is 10.00 Å². The molecule has 3 rings (SSSR count). The molecule has 0 aliphatic heterocycles. The van der Waals surface area contributed by atoms with Crippen molar-refractivity contribution in [2.75, 3.05) is 0 Å². The Kier molecular flexibility index (Phi) is 4.13. The zero-order valence-corrected chi connectivity index (χ0v) is 12.9. The summed E-state index contributed by atoms with van der Waals surface area (Å²) in [6.45, 7) is 1.55. The molecule has 0 saturated carbocycles. The van der Waals surface area contributed by atoms with E-state index in [0.29, 0.717) is 16.7 Å². The maximum absolute atomic E-state index is 12.5. The maximum Gasteiger partial charge on any atom is 0.338 e. The van der Waals surface area contributed by atoms with Crippen LogP contribution in [0.25, 0.3) is 10.9 Å². The number of carbonyl (C=O) groups is 2.